The summed E-state index contributed by atoms with van der Waals surface area (Å²) in [7, 11) is 3.60. The summed E-state index contributed by atoms with van der Waals surface area (Å²) < 4.78 is 10.8. The van der Waals surface area contributed by atoms with Crippen molar-refractivity contribution in [3.63, 3.8) is 0 Å². The van der Waals surface area contributed by atoms with Crippen molar-refractivity contribution in [2.75, 3.05) is 33.9 Å². The third-order valence-corrected chi connectivity index (χ3v) is 5.07. The fourth-order valence-corrected chi connectivity index (χ4v) is 3.33. The van der Waals surface area contributed by atoms with Gasteiger partial charge in [-0.1, -0.05) is 30.3 Å². The average Bonchev–Trinajstić information content (AvgIpc) is 3.06. The van der Waals surface area contributed by atoms with Crippen LogP contribution in [0.2, 0.25) is 0 Å². The number of hydrogen-bond acceptors (Lipinski definition) is 5. The zero-order valence-electron chi connectivity index (χ0n) is 16.4. The van der Waals surface area contributed by atoms with Crippen LogP contribution >= 0.6 is 0 Å². The van der Waals surface area contributed by atoms with Crippen LogP contribution in [0, 0.1) is 0 Å². The SMILES string of the molecule is COc1ccc(C(=O)N[C@H]2CO[C@@H](CN(C)CCc3ccccc3)[C@@H]2O)cc1. The van der Waals surface area contributed by atoms with Gasteiger partial charge < -0.3 is 24.8 Å². The molecule has 0 aromatic heterocycles. The summed E-state index contributed by atoms with van der Waals surface area (Å²) in [6.07, 6.45) is -0.110. The first kappa shape index (κ1) is 20.3. The van der Waals surface area contributed by atoms with Gasteiger partial charge in [-0.05, 0) is 43.3 Å². The van der Waals surface area contributed by atoms with E-state index in [9.17, 15) is 9.90 Å². The van der Waals surface area contributed by atoms with E-state index in [4.69, 9.17) is 9.47 Å². The fourth-order valence-electron chi connectivity index (χ4n) is 3.33. The van der Waals surface area contributed by atoms with Crippen molar-refractivity contribution >= 4 is 5.91 Å². The number of carbonyl (C=O) groups is 1. The average molecular weight is 384 g/mol. The molecule has 0 aliphatic carbocycles. The summed E-state index contributed by atoms with van der Waals surface area (Å²) in [5.74, 6) is 0.466. The van der Waals surface area contributed by atoms with Crippen LogP contribution < -0.4 is 10.1 Å². The lowest BCUT2D eigenvalue weighted by molar-refractivity contribution is 0.0203. The third-order valence-electron chi connectivity index (χ3n) is 5.07. The largest absolute Gasteiger partial charge is 0.497 e. The molecule has 1 aliphatic rings. The molecule has 6 heteroatoms. The molecule has 0 radical (unpaired) electrons. The Hall–Kier alpha value is -2.41. The molecular weight excluding hydrogens is 356 g/mol. The third kappa shape index (κ3) is 5.32. The van der Waals surface area contributed by atoms with Gasteiger partial charge >= 0.3 is 0 Å². The van der Waals surface area contributed by atoms with Crippen molar-refractivity contribution in [3.05, 3.63) is 65.7 Å². The molecule has 1 aliphatic heterocycles. The summed E-state index contributed by atoms with van der Waals surface area (Å²) >= 11 is 0. The topological polar surface area (TPSA) is 71.0 Å². The first-order valence-corrected chi connectivity index (χ1v) is 9.54. The number of methoxy groups -OCH3 is 1. The van der Waals surface area contributed by atoms with Gasteiger partial charge in [-0.15, -0.1) is 0 Å². The van der Waals surface area contributed by atoms with Crippen LogP contribution in [-0.4, -0.2) is 68.0 Å². The van der Waals surface area contributed by atoms with Crippen molar-refractivity contribution in [1.82, 2.24) is 10.2 Å². The van der Waals surface area contributed by atoms with E-state index in [1.165, 1.54) is 5.56 Å². The number of hydrogen-bond donors (Lipinski definition) is 2. The second-order valence-electron chi connectivity index (χ2n) is 7.17. The van der Waals surface area contributed by atoms with Gasteiger partial charge in [0.2, 0.25) is 0 Å². The lowest BCUT2D eigenvalue weighted by Gasteiger charge is -2.24. The van der Waals surface area contributed by atoms with Gasteiger partial charge in [0.25, 0.3) is 5.91 Å². The predicted octanol–water partition coefficient (Wildman–Crippen LogP) is 1.73. The first-order chi connectivity index (χ1) is 13.6. The summed E-state index contributed by atoms with van der Waals surface area (Å²) in [5, 5.41) is 13.4. The van der Waals surface area contributed by atoms with Crippen LogP contribution in [0.5, 0.6) is 5.75 Å². The summed E-state index contributed by atoms with van der Waals surface area (Å²) in [4.78, 5) is 14.6. The molecule has 0 bridgehead atoms. The molecule has 2 N–H and O–H groups in total. The van der Waals surface area contributed by atoms with Crippen molar-refractivity contribution in [1.29, 1.82) is 0 Å². The van der Waals surface area contributed by atoms with Gasteiger partial charge in [-0.3, -0.25) is 4.79 Å². The smallest absolute Gasteiger partial charge is 0.251 e. The molecule has 1 amide bonds. The molecule has 6 nitrogen and oxygen atoms in total. The number of rotatable bonds is 8. The Kier molecular flexibility index (Phi) is 7.03. The Morgan fingerprint density at radius 2 is 1.93 bits per heavy atom. The van der Waals surface area contributed by atoms with Gasteiger partial charge in [0, 0.05) is 18.7 Å². The summed E-state index contributed by atoms with van der Waals surface area (Å²) in [6.45, 7) is 1.79. The molecule has 1 saturated heterocycles. The number of carbonyl (C=O) groups excluding carboxylic acids is 1. The van der Waals surface area contributed by atoms with E-state index in [0.29, 0.717) is 24.5 Å². The van der Waals surface area contributed by atoms with E-state index in [-0.39, 0.29) is 12.0 Å². The number of nitrogens with zero attached hydrogens (tertiary/aromatic N) is 1. The van der Waals surface area contributed by atoms with Crippen LogP contribution in [-0.2, 0) is 11.2 Å². The molecule has 3 rings (SSSR count). The highest BCUT2D eigenvalue weighted by atomic mass is 16.5. The van der Waals surface area contributed by atoms with Crippen LogP contribution in [0.4, 0.5) is 0 Å². The molecule has 0 saturated carbocycles. The van der Waals surface area contributed by atoms with Crippen molar-refractivity contribution in [2.24, 2.45) is 0 Å². The zero-order valence-corrected chi connectivity index (χ0v) is 16.4. The standard InChI is InChI=1S/C22H28N2O4/c1-24(13-12-16-6-4-3-5-7-16)14-20-21(25)19(15-28-20)23-22(26)17-8-10-18(27-2)11-9-17/h3-11,19-21,25H,12-15H2,1-2H3,(H,23,26)/t19-,20-,21+/m0/s1. The Bertz CT molecular complexity index is 751. The van der Waals surface area contributed by atoms with E-state index in [0.717, 1.165) is 13.0 Å². The lowest BCUT2D eigenvalue weighted by Crippen LogP contribution is -2.46. The maximum Gasteiger partial charge on any atom is 0.251 e. The van der Waals surface area contributed by atoms with Gasteiger partial charge in [0.15, 0.2) is 0 Å². The molecule has 1 heterocycles. The monoisotopic (exact) mass is 384 g/mol. The number of ether oxygens (including phenoxy) is 2. The quantitative estimate of drug-likeness (QED) is 0.725. The first-order valence-electron chi connectivity index (χ1n) is 9.54. The Morgan fingerprint density at radius 3 is 2.61 bits per heavy atom. The van der Waals surface area contributed by atoms with Crippen molar-refractivity contribution in [3.8, 4) is 5.75 Å². The molecule has 3 atom stereocenters. The lowest BCUT2D eigenvalue weighted by atomic mass is 10.1. The Morgan fingerprint density at radius 1 is 1.21 bits per heavy atom. The van der Waals surface area contributed by atoms with Crippen LogP contribution in [0.25, 0.3) is 0 Å². The minimum atomic E-state index is -0.735. The predicted molar refractivity (Wildman–Crippen MR) is 108 cm³/mol. The van der Waals surface area contributed by atoms with Gasteiger partial charge in [0.05, 0.1) is 25.9 Å². The normalized spacial score (nSPS) is 21.6. The minimum Gasteiger partial charge on any atom is -0.497 e. The molecular formula is C22H28N2O4. The van der Waals surface area contributed by atoms with Crippen LogP contribution in [0.15, 0.2) is 54.6 Å². The maximum atomic E-state index is 12.4. The number of aliphatic hydroxyl groups is 1. The second kappa shape index (κ2) is 9.68. The van der Waals surface area contributed by atoms with Crippen molar-refractivity contribution in [2.45, 2.75) is 24.7 Å². The van der Waals surface area contributed by atoms with Crippen LogP contribution in [0.1, 0.15) is 15.9 Å². The van der Waals surface area contributed by atoms with Gasteiger partial charge in [-0.25, -0.2) is 0 Å². The molecule has 0 unspecified atom stereocenters. The van der Waals surface area contributed by atoms with E-state index in [2.05, 4.69) is 22.3 Å². The molecule has 0 spiro atoms. The summed E-state index contributed by atoms with van der Waals surface area (Å²) in [5.41, 5.74) is 1.81. The minimum absolute atomic E-state index is 0.228. The molecule has 2 aromatic carbocycles. The molecule has 28 heavy (non-hydrogen) atoms. The van der Waals surface area contributed by atoms with E-state index in [1.54, 1.807) is 31.4 Å². The van der Waals surface area contributed by atoms with Gasteiger partial charge in [-0.2, -0.15) is 0 Å². The highest BCUT2D eigenvalue weighted by molar-refractivity contribution is 5.94. The van der Waals surface area contributed by atoms with E-state index in [1.807, 2.05) is 25.2 Å². The number of likely N-dealkylation sites (N-methyl/N-ethyl adjacent to an activating group) is 1. The number of amides is 1. The summed E-state index contributed by atoms with van der Waals surface area (Å²) in [6, 6.07) is 16.8. The molecule has 150 valence electrons. The van der Waals surface area contributed by atoms with E-state index < -0.39 is 12.1 Å². The highest BCUT2D eigenvalue weighted by Gasteiger charge is 2.37. The van der Waals surface area contributed by atoms with Gasteiger partial charge in [0.1, 0.15) is 11.9 Å². The maximum absolute atomic E-state index is 12.4. The van der Waals surface area contributed by atoms with Crippen LogP contribution in [0.3, 0.4) is 0 Å². The Balaban J connectivity index is 1.46. The number of benzene rings is 2. The van der Waals surface area contributed by atoms with E-state index >= 15 is 0 Å². The van der Waals surface area contributed by atoms with Crippen molar-refractivity contribution < 1.29 is 19.4 Å². The zero-order chi connectivity index (χ0) is 19.9. The second-order valence-corrected chi connectivity index (χ2v) is 7.17. The number of aliphatic hydroxyl groups excluding tert-OH is 1. The Labute approximate surface area is 166 Å². The fraction of sp³-hybridized carbons (Fsp3) is 0.409. The highest BCUT2D eigenvalue weighted by Crippen LogP contribution is 2.17. The molecule has 1 fully saturated rings. The molecule has 2 aromatic rings. The number of nitrogens with one attached hydrogen (secondary N) is 1.